The number of hydrogen-bond donors (Lipinski definition) is 0. The lowest BCUT2D eigenvalue weighted by atomic mass is 10.1. The zero-order valence-corrected chi connectivity index (χ0v) is 16.8. The number of methoxy groups -OCH3 is 2. The van der Waals surface area contributed by atoms with Gasteiger partial charge < -0.3 is 14.4 Å². The summed E-state index contributed by atoms with van der Waals surface area (Å²) in [5.74, 6) is 0.873. The minimum atomic E-state index is -0.0342. The number of halogens is 1. The van der Waals surface area contributed by atoms with Crippen molar-refractivity contribution < 1.29 is 14.3 Å². The van der Waals surface area contributed by atoms with E-state index in [-0.39, 0.29) is 5.91 Å². The molecule has 1 saturated heterocycles. The largest absolute Gasteiger partial charge is 0.493 e. The van der Waals surface area contributed by atoms with Gasteiger partial charge in [-0.25, -0.2) is 0 Å². The van der Waals surface area contributed by atoms with E-state index in [1.54, 1.807) is 12.1 Å². The molecule has 0 bridgehead atoms. The molecule has 5 nitrogen and oxygen atoms in total. The first-order chi connectivity index (χ1) is 13.0. The van der Waals surface area contributed by atoms with E-state index in [4.69, 9.17) is 21.1 Å². The van der Waals surface area contributed by atoms with Gasteiger partial charge in [0.1, 0.15) is 0 Å². The average molecular weight is 389 g/mol. The summed E-state index contributed by atoms with van der Waals surface area (Å²) in [5.41, 5.74) is 3.10. The second-order valence-electron chi connectivity index (χ2n) is 6.75. The van der Waals surface area contributed by atoms with Gasteiger partial charge in [0.05, 0.1) is 19.2 Å². The highest BCUT2D eigenvalue weighted by atomic mass is 35.5. The highest BCUT2D eigenvalue weighted by molar-refractivity contribution is 6.32. The average Bonchev–Trinajstić information content (AvgIpc) is 2.67. The van der Waals surface area contributed by atoms with Crippen molar-refractivity contribution in [3.8, 4) is 11.5 Å². The number of amides is 1. The molecule has 1 aliphatic heterocycles. The minimum absolute atomic E-state index is 0.0342. The Balaban J connectivity index is 1.64. The van der Waals surface area contributed by atoms with E-state index >= 15 is 0 Å². The van der Waals surface area contributed by atoms with Crippen LogP contribution in [0, 0.1) is 6.92 Å². The van der Waals surface area contributed by atoms with Crippen LogP contribution in [0.5, 0.6) is 11.5 Å². The van der Waals surface area contributed by atoms with Crippen molar-refractivity contribution in [1.82, 2.24) is 9.80 Å². The molecular formula is C21H25ClN2O3. The Hall–Kier alpha value is -2.24. The van der Waals surface area contributed by atoms with E-state index in [9.17, 15) is 4.79 Å². The zero-order valence-electron chi connectivity index (χ0n) is 16.0. The number of aryl methyl sites for hydroxylation is 1. The third-order valence-corrected chi connectivity index (χ3v) is 5.11. The number of carbonyl (C=O) groups is 1. The monoisotopic (exact) mass is 388 g/mol. The quantitative estimate of drug-likeness (QED) is 0.784. The SMILES string of the molecule is COc1cc(C(=O)N2CCN(Cc3cccc(C)c3)CC2)cc(Cl)c1OC. The minimum Gasteiger partial charge on any atom is -0.493 e. The second kappa shape index (κ2) is 8.63. The summed E-state index contributed by atoms with van der Waals surface area (Å²) in [7, 11) is 3.06. The van der Waals surface area contributed by atoms with Crippen molar-refractivity contribution in [2.24, 2.45) is 0 Å². The molecule has 1 aliphatic rings. The fraction of sp³-hybridized carbons (Fsp3) is 0.381. The molecule has 3 rings (SSSR count). The van der Waals surface area contributed by atoms with E-state index in [0.717, 1.165) is 19.6 Å². The van der Waals surface area contributed by atoms with Crippen molar-refractivity contribution in [3.05, 3.63) is 58.1 Å². The first-order valence-electron chi connectivity index (χ1n) is 9.00. The van der Waals surface area contributed by atoms with Crippen molar-refractivity contribution >= 4 is 17.5 Å². The zero-order chi connectivity index (χ0) is 19.4. The summed E-state index contributed by atoms with van der Waals surface area (Å²) < 4.78 is 10.5. The van der Waals surface area contributed by atoms with Gasteiger partial charge >= 0.3 is 0 Å². The Morgan fingerprint density at radius 1 is 1.07 bits per heavy atom. The number of ether oxygens (including phenoxy) is 2. The summed E-state index contributed by atoms with van der Waals surface area (Å²) in [6.45, 7) is 6.09. The predicted molar refractivity (Wildman–Crippen MR) is 107 cm³/mol. The standard InChI is InChI=1S/C21H25ClN2O3/c1-15-5-4-6-16(11-15)14-23-7-9-24(10-8-23)21(25)17-12-18(22)20(27-3)19(13-17)26-2/h4-6,11-13H,7-10,14H2,1-3H3. The number of rotatable bonds is 5. The summed E-state index contributed by atoms with van der Waals surface area (Å²) in [6, 6.07) is 11.9. The van der Waals surface area contributed by atoms with Gasteiger partial charge in [-0.2, -0.15) is 0 Å². The van der Waals surface area contributed by atoms with Crippen molar-refractivity contribution in [2.75, 3.05) is 40.4 Å². The maximum Gasteiger partial charge on any atom is 0.254 e. The lowest BCUT2D eigenvalue weighted by Crippen LogP contribution is -2.48. The van der Waals surface area contributed by atoms with Crippen LogP contribution in [0.25, 0.3) is 0 Å². The molecule has 1 fully saturated rings. The Kier molecular flexibility index (Phi) is 6.24. The van der Waals surface area contributed by atoms with E-state index < -0.39 is 0 Å². The van der Waals surface area contributed by atoms with Gasteiger partial charge in [0.25, 0.3) is 5.91 Å². The van der Waals surface area contributed by atoms with Gasteiger partial charge in [0.2, 0.25) is 0 Å². The number of hydrogen-bond acceptors (Lipinski definition) is 4. The molecule has 0 N–H and O–H groups in total. The first-order valence-corrected chi connectivity index (χ1v) is 9.38. The van der Waals surface area contributed by atoms with Gasteiger partial charge in [-0.05, 0) is 24.6 Å². The molecular weight excluding hydrogens is 364 g/mol. The molecule has 0 aliphatic carbocycles. The van der Waals surface area contributed by atoms with Gasteiger partial charge in [0, 0.05) is 38.3 Å². The number of nitrogens with zero attached hydrogens (tertiary/aromatic N) is 2. The highest BCUT2D eigenvalue weighted by Crippen LogP contribution is 2.36. The normalized spacial score (nSPS) is 14.9. The summed E-state index contributed by atoms with van der Waals surface area (Å²) in [6.07, 6.45) is 0. The molecule has 27 heavy (non-hydrogen) atoms. The van der Waals surface area contributed by atoms with Crippen LogP contribution in [-0.4, -0.2) is 56.1 Å². The fourth-order valence-corrected chi connectivity index (χ4v) is 3.69. The van der Waals surface area contributed by atoms with Crippen molar-refractivity contribution in [2.45, 2.75) is 13.5 Å². The van der Waals surface area contributed by atoms with Gasteiger partial charge in [0.15, 0.2) is 11.5 Å². The van der Waals surface area contributed by atoms with Crippen LogP contribution >= 0.6 is 11.6 Å². The number of benzene rings is 2. The van der Waals surface area contributed by atoms with Gasteiger partial charge in [-0.15, -0.1) is 0 Å². The third kappa shape index (κ3) is 4.54. The summed E-state index contributed by atoms with van der Waals surface area (Å²) >= 11 is 6.24. The first kappa shape index (κ1) is 19.5. The molecule has 1 heterocycles. The van der Waals surface area contributed by atoms with Gasteiger partial charge in [-0.3, -0.25) is 9.69 Å². The van der Waals surface area contributed by atoms with Crippen LogP contribution in [-0.2, 0) is 6.54 Å². The van der Waals surface area contributed by atoms with Crippen LogP contribution in [0.3, 0.4) is 0 Å². The van der Waals surface area contributed by atoms with E-state index in [2.05, 4.69) is 36.1 Å². The van der Waals surface area contributed by atoms with Crippen LogP contribution < -0.4 is 9.47 Å². The third-order valence-electron chi connectivity index (χ3n) is 4.83. The molecule has 1 amide bonds. The molecule has 144 valence electrons. The number of carbonyl (C=O) groups excluding carboxylic acids is 1. The fourth-order valence-electron chi connectivity index (χ4n) is 3.40. The predicted octanol–water partition coefficient (Wildman–Crippen LogP) is 3.62. The Labute approximate surface area is 165 Å². The maximum atomic E-state index is 12.9. The van der Waals surface area contributed by atoms with E-state index in [1.165, 1.54) is 25.3 Å². The Morgan fingerprint density at radius 2 is 1.81 bits per heavy atom. The molecule has 0 atom stereocenters. The van der Waals surface area contributed by atoms with E-state index in [1.807, 2.05) is 4.90 Å². The number of piperazine rings is 1. The maximum absolute atomic E-state index is 12.9. The van der Waals surface area contributed by atoms with Crippen LogP contribution in [0.2, 0.25) is 5.02 Å². The molecule has 0 saturated carbocycles. The molecule has 6 heteroatoms. The van der Waals surface area contributed by atoms with E-state index in [0.29, 0.717) is 35.2 Å². The summed E-state index contributed by atoms with van der Waals surface area (Å²) in [5, 5.41) is 0.373. The Morgan fingerprint density at radius 3 is 2.44 bits per heavy atom. The van der Waals surface area contributed by atoms with Crippen molar-refractivity contribution in [3.63, 3.8) is 0 Å². The van der Waals surface area contributed by atoms with Crippen LogP contribution in [0.1, 0.15) is 21.5 Å². The molecule has 0 aromatic heterocycles. The van der Waals surface area contributed by atoms with Crippen LogP contribution in [0.4, 0.5) is 0 Å². The Bertz CT molecular complexity index is 817. The molecule has 0 unspecified atom stereocenters. The molecule has 2 aromatic rings. The van der Waals surface area contributed by atoms with Crippen molar-refractivity contribution in [1.29, 1.82) is 0 Å². The smallest absolute Gasteiger partial charge is 0.254 e. The lowest BCUT2D eigenvalue weighted by Gasteiger charge is -2.35. The molecule has 0 spiro atoms. The lowest BCUT2D eigenvalue weighted by molar-refractivity contribution is 0.0628. The second-order valence-corrected chi connectivity index (χ2v) is 7.16. The van der Waals surface area contributed by atoms with Gasteiger partial charge in [-0.1, -0.05) is 41.4 Å². The highest BCUT2D eigenvalue weighted by Gasteiger charge is 2.24. The molecule has 2 aromatic carbocycles. The van der Waals surface area contributed by atoms with Crippen LogP contribution in [0.15, 0.2) is 36.4 Å². The molecule has 0 radical (unpaired) electrons. The topological polar surface area (TPSA) is 42.0 Å². The summed E-state index contributed by atoms with van der Waals surface area (Å²) in [4.78, 5) is 17.1.